The lowest BCUT2D eigenvalue weighted by Gasteiger charge is -2.32. The molecule has 0 radical (unpaired) electrons. The SMILES string of the molecule is CNc1ccc(C(=O)N2CCC(Cc3ccccc3)CC2)cn1. The number of benzene rings is 1. The predicted molar refractivity (Wildman–Crippen MR) is 92.6 cm³/mol. The Labute approximate surface area is 137 Å². The van der Waals surface area contributed by atoms with Crippen LogP contribution in [0.25, 0.3) is 0 Å². The summed E-state index contributed by atoms with van der Waals surface area (Å²) in [5, 5.41) is 2.97. The Morgan fingerprint density at radius 1 is 1.17 bits per heavy atom. The zero-order valence-corrected chi connectivity index (χ0v) is 13.5. The number of nitrogens with one attached hydrogen (secondary N) is 1. The molecule has 2 aromatic rings. The maximum Gasteiger partial charge on any atom is 0.255 e. The van der Waals surface area contributed by atoms with Gasteiger partial charge < -0.3 is 10.2 Å². The number of aromatic nitrogens is 1. The number of rotatable bonds is 4. The summed E-state index contributed by atoms with van der Waals surface area (Å²) < 4.78 is 0. The van der Waals surface area contributed by atoms with E-state index in [1.54, 1.807) is 6.20 Å². The highest BCUT2D eigenvalue weighted by Gasteiger charge is 2.23. The van der Waals surface area contributed by atoms with Gasteiger partial charge in [-0.1, -0.05) is 30.3 Å². The van der Waals surface area contributed by atoms with E-state index in [4.69, 9.17) is 0 Å². The van der Waals surface area contributed by atoms with Crippen LogP contribution >= 0.6 is 0 Å². The van der Waals surface area contributed by atoms with Crippen LogP contribution in [0.5, 0.6) is 0 Å². The molecule has 1 aromatic carbocycles. The van der Waals surface area contributed by atoms with E-state index in [-0.39, 0.29) is 5.91 Å². The van der Waals surface area contributed by atoms with Crippen LogP contribution in [0.1, 0.15) is 28.8 Å². The number of likely N-dealkylation sites (tertiary alicyclic amines) is 1. The molecule has 120 valence electrons. The van der Waals surface area contributed by atoms with Gasteiger partial charge in [0.1, 0.15) is 5.82 Å². The summed E-state index contributed by atoms with van der Waals surface area (Å²) in [6.07, 6.45) is 4.91. The van der Waals surface area contributed by atoms with Crippen molar-refractivity contribution in [3.63, 3.8) is 0 Å². The van der Waals surface area contributed by atoms with Crippen molar-refractivity contribution in [1.82, 2.24) is 9.88 Å². The minimum absolute atomic E-state index is 0.0957. The zero-order valence-electron chi connectivity index (χ0n) is 13.5. The standard InChI is InChI=1S/C19H23N3O/c1-20-18-8-7-17(14-21-18)19(23)22-11-9-16(10-12-22)13-15-5-3-2-4-6-15/h2-8,14,16H,9-13H2,1H3,(H,20,21). The number of nitrogens with zero attached hydrogens (tertiary/aromatic N) is 2. The summed E-state index contributed by atoms with van der Waals surface area (Å²) in [6, 6.07) is 14.3. The molecule has 0 unspecified atom stereocenters. The molecule has 0 saturated carbocycles. The summed E-state index contributed by atoms with van der Waals surface area (Å²) in [5.74, 6) is 1.55. The van der Waals surface area contributed by atoms with Crippen LogP contribution in [0.2, 0.25) is 0 Å². The van der Waals surface area contributed by atoms with E-state index >= 15 is 0 Å². The minimum atomic E-state index is 0.0957. The number of piperidine rings is 1. The smallest absolute Gasteiger partial charge is 0.255 e. The van der Waals surface area contributed by atoms with Gasteiger partial charge in [0.2, 0.25) is 0 Å². The first kappa shape index (κ1) is 15.5. The van der Waals surface area contributed by atoms with Gasteiger partial charge in [0.25, 0.3) is 5.91 Å². The average Bonchev–Trinajstić information content (AvgIpc) is 2.63. The summed E-state index contributed by atoms with van der Waals surface area (Å²) >= 11 is 0. The molecule has 0 aliphatic carbocycles. The van der Waals surface area contributed by atoms with Gasteiger partial charge in [0.15, 0.2) is 0 Å². The van der Waals surface area contributed by atoms with Gasteiger partial charge in [-0.25, -0.2) is 4.98 Å². The highest BCUT2D eigenvalue weighted by Crippen LogP contribution is 2.22. The van der Waals surface area contributed by atoms with Crippen molar-refractivity contribution in [2.24, 2.45) is 5.92 Å². The molecule has 1 amide bonds. The lowest BCUT2D eigenvalue weighted by molar-refractivity contribution is 0.0690. The Morgan fingerprint density at radius 3 is 2.52 bits per heavy atom. The third-order valence-corrected chi connectivity index (χ3v) is 4.54. The third kappa shape index (κ3) is 3.89. The number of carbonyl (C=O) groups excluding carboxylic acids is 1. The van der Waals surface area contributed by atoms with Crippen molar-refractivity contribution < 1.29 is 4.79 Å². The van der Waals surface area contributed by atoms with E-state index in [1.165, 1.54) is 5.56 Å². The molecule has 1 aromatic heterocycles. The maximum absolute atomic E-state index is 12.5. The van der Waals surface area contributed by atoms with Gasteiger partial charge in [-0.05, 0) is 42.9 Å². The van der Waals surface area contributed by atoms with Crippen molar-refractivity contribution in [1.29, 1.82) is 0 Å². The first-order valence-corrected chi connectivity index (χ1v) is 8.23. The lowest BCUT2D eigenvalue weighted by Crippen LogP contribution is -2.38. The third-order valence-electron chi connectivity index (χ3n) is 4.54. The number of hydrogen-bond acceptors (Lipinski definition) is 3. The number of carbonyl (C=O) groups is 1. The summed E-state index contributed by atoms with van der Waals surface area (Å²) in [7, 11) is 1.82. The van der Waals surface area contributed by atoms with Crippen LogP contribution < -0.4 is 5.32 Å². The largest absolute Gasteiger partial charge is 0.373 e. The van der Waals surface area contributed by atoms with Crippen LogP contribution in [0.4, 0.5) is 5.82 Å². The van der Waals surface area contributed by atoms with E-state index < -0.39 is 0 Å². The molecule has 1 aliphatic rings. The van der Waals surface area contributed by atoms with E-state index in [2.05, 4.69) is 40.6 Å². The molecule has 4 heteroatoms. The molecular weight excluding hydrogens is 286 g/mol. The first-order chi connectivity index (χ1) is 11.3. The van der Waals surface area contributed by atoms with E-state index in [0.29, 0.717) is 11.5 Å². The number of anilines is 1. The molecule has 4 nitrogen and oxygen atoms in total. The molecule has 1 saturated heterocycles. The fourth-order valence-corrected chi connectivity index (χ4v) is 3.14. The highest BCUT2D eigenvalue weighted by atomic mass is 16.2. The second-order valence-corrected chi connectivity index (χ2v) is 6.11. The molecule has 1 aliphatic heterocycles. The van der Waals surface area contributed by atoms with E-state index in [9.17, 15) is 4.79 Å². The minimum Gasteiger partial charge on any atom is -0.373 e. The Morgan fingerprint density at radius 2 is 1.91 bits per heavy atom. The number of pyridine rings is 1. The van der Waals surface area contributed by atoms with Crippen LogP contribution in [-0.4, -0.2) is 35.9 Å². The predicted octanol–water partition coefficient (Wildman–Crippen LogP) is 3.22. The Kier molecular flexibility index (Phi) is 4.91. The van der Waals surface area contributed by atoms with Crippen molar-refractivity contribution in [2.75, 3.05) is 25.5 Å². The monoisotopic (exact) mass is 309 g/mol. The van der Waals surface area contributed by atoms with Crippen LogP contribution in [0, 0.1) is 5.92 Å². The molecule has 23 heavy (non-hydrogen) atoms. The summed E-state index contributed by atoms with van der Waals surface area (Å²) in [5.41, 5.74) is 2.06. The average molecular weight is 309 g/mol. The highest BCUT2D eigenvalue weighted by molar-refractivity contribution is 5.94. The molecule has 2 heterocycles. The molecular formula is C19H23N3O. The van der Waals surface area contributed by atoms with Gasteiger partial charge in [0, 0.05) is 26.3 Å². The van der Waals surface area contributed by atoms with Crippen molar-refractivity contribution >= 4 is 11.7 Å². The number of amides is 1. The van der Waals surface area contributed by atoms with Gasteiger partial charge in [0.05, 0.1) is 5.56 Å². The van der Waals surface area contributed by atoms with Crippen LogP contribution in [0.3, 0.4) is 0 Å². The summed E-state index contributed by atoms with van der Waals surface area (Å²) in [6.45, 7) is 1.67. The first-order valence-electron chi connectivity index (χ1n) is 8.23. The van der Waals surface area contributed by atoms with Gasteiger partial charge in [-0.15, -0.1) is 0 Å². The zero-order chi connectivity index (χ0) is 16.1. The quantitative estimate of drug-likeness (QED) is 0.943. The Bertz CT molecular complexity index is 631. The van der Waals surface area contributed by atoms with Crippen molar-refractivity contribution in [3.05, 3.63) is 59.8 Å². The van der Waals surface area contributed by atoms with Crippen LogP contribution in [-0.2, 0) is 6.42 Å². The second kappa shape index (κ2) is 7.27. The molecule has 0 bridgehead atoms. The van der Waals surface area contributed by atoms with Crippen LogP contribution in [0.15, 0.2) is 48.7 Å². The Balaban J connectivity index is 1.54. The van der Waals surface area contributed by atoms with Crippen molar-refractivity contribution in [2.45, 2.75) is 19.3 Å². The van der Waals surface area contributed by atoms with Gasteiger partial charge >= 0.3 is 0 Å². The fourth-order valence-electron chi connectivity index (χ4n) is 3.14. The van der Waals surface area contributed by atoms with E-state index in [0.717, 1.165) is 38.2 Å². The lowest BCUT2D eigenvalue weighted by atomic mass is 9.90. The normalized spacial score (nSPS) is 15.4. The molecule has 0 spiro atoms. The molecule has 0 atom stereocenters. The summed E-state index contributed by atoms with van der Waals surface area (Å²) in [4.78, 5) is 18.7. The van der Waals surface area contributed by atoms with E-state index in [1.807, 2.05) is 24.1 Å². The van der Waals surface area contributed by atoms with Gasteiger partial charge in [-0.2, -0.15) is 0 Å². The topological polar surface area (TPSA) is 45.2 Å². The van der Waals surface area contributed by atoms with Gasteiger partial charge in [-0.3, -0.25) is 4.79 Å². The second-order valence-electron chi connectivity index (χ2n) is 6.11. The fraction of sp³-hybridized carbons (Fsp3) is 0.368. The molecule has 3 rings (SSSR count). The molecule has 1 N–H and O–H groups in total. The van der Waals surface area contributed by atoms with Crippen molar-refractivity contribution in [3.8, 4) is 0 Å². The maximum atomic E-state index is 12.5. The molecule has 1 fully saturated rings. The number of hydrogen-bond donors (Lipinski definition) is 1. The Hall–Kier alpha value is -2.36.